The second kappa shape index (κ2) is 12.4. The van der Waals surface area contributed by atoms with Crippen molar-refractivity contribution >= 4 is 29.1 Å². The summed E-state index contributed by atoms with van der Waals surface area (Å²) in [6.07, 6.45) is 1.11. The maximum absolute atomic E-state index is 14.0. The molecule has 2 aromatic rings. The zero-order valence-corrected chi connectivity index (χ0v) is 24.7. The summed E-state index contributed by atoms with van der Waals surface area (Å²) >= 11 is 6.57. The Morgan fingerprint density at radius 2 is 1.52 bits per heavy atom. The van der Waals surface area contributed by atoms with Crippen molar-refractivity contribution in [2.45, 2.75) is 69.7 Å². The molecule has 1 unspecified atom stereocenters. The Morgan fingerprint density at radius 1 is 0.905 bits per heavy atom. The number of piperidine rings is 2. The molecule has 3 aliphatic rings. The summed E-state index contributed by atoms with van der Waals surface area (Å²) in [5, 5.41) is 11.1. The molecular formula is C32H39ClF3N3O3. The average molecular weight is 606 g/mol. The van der Waals surface area contributed by atoms with Gasteiger partial charge in [0.1, 0.15) is 0 Å². The van der Waals surface area contributed by atoms with Crippen LogP contribution in [0.3, 0.4) is 0 Å². The Hall–Kier alpha value is -2.78. The van der Waals surface area contributed by atoms with Crippen LogP contribution in [0, 0.1) is 11.8 Å². The lowest BCUT2D eigenvalue weighted by molar-refractivity contribution is -0.262. The Labute approximate surface area is 250 Å². The number of rotatable bonds is 6. The van der Waals surface area contributed by atoms with Gasteiger partial charge in [-0.2, -0.15) is 13.2 Å². The maximum Gasteiger partial charge on any atom is 0.430 e. The van der Waals surface area contributed by atoms with Crippen molar-refractivity contribution in [1.82, 2.24) is 9.80 Å². The number of anilines is 1. The maximum atomic E-state index is 14.0. The Balaban J connectivity index is 1.12. The van der Waals surface area contributed by atoms with Gasteiger partial charge in [-0.15, -0.1) is 0 Å². The molecule has 2 aromatic carbocycles. The van der Waals surface area contributed by atoms with Crippen LogP contribution in [0.5, 0.6) is 0 Å². The molecule has 2 amide bonds. The fourth-order valence-corrected chi connectivity index (χ4v) is 7.11. The van der Waals surface area contributed by atoms with E-state index in [0.29, 0.717) is 35.3 Å². The van der Waals surface area contributed by atoms with Gasteiger partial charge < -0.3 is 19.8 Å². The Bertz CT molecular complexity index is 1260. The third-order valence-electron chi connectivity index (χ3n) is 9.46. The first kappa shape index (κ1) is 30.7. The van der Waals surface area contributed by atoms with Gasteiger partial charge in [-0.05, 0) is 81.9 Å². The van der Waals surface area contributed by atoms with Crippen LogP contribution in [0.2, 0.25) is 5.02 Å². The van der Waals surface area contributed by atoms with Crippen molar-refractivity contribution in [2.24, 2.45) is 11.8 Å². The number of aliphatic hydroxyl groups is 1. The number of hydrogen-bond acceptors (Lipinski definition) is 4. The van der Waals surface area contributed by atoms with Crippen LogP contribution in [0.1, 0.15) is 67.8 Å². The van der Waals surface area contributed by atoms with Gasteiger partial charge in [0.05, 0.1) is 10.6 Å². The highest BCUT2D eigenvalue weighted by Gasteiger charge is 2.62. The summed E-state index contributed by atoms with van der Waals surface area (Å²) in [6, 6.07) is 12.5. The largest absolute Gasteiger partial charge is 0.430 e. The summed E-state index contributed by atoms with van der Waals surface area (Å²) in [5.74, 6) is -0.479. The second-order valence-corrected chi connectivity index (χ2v) is 12.5. The van der Waals surface area contributed by atoms with Gasteiger partial charge in [0.25, 0.3) is 17.4 Å². The molecule has 2 atom stereocenters. The topological polar surface area (TPSA) is 64.1 Å². The number of carbonyl (C=O) groups is 2. The number of halogens is 4. The van der Waals surface area contributed by atoms with Gasteiger partial charge in [-0.25, -0.2) is 0 Å². The van der Waals surface area contributed by atoms with E-state index in [1.807, 2.05) is 23.1 Å². The Kier molecular flexibility index (Phi) is 9.09. The van der Waals surface area contributed by atoms with Gasteiger partial charge in [0.15, 0.2) is 0 Å². The number of alkyl halides is 3. The van der Waals surface area contributed by atoms with Crippen LogP contribution in [-0.4, -0.2) is 71.7 Å². The van der Waals surface area contributed by atoms with E-state index in [9.17, 15) is 27.9 Å². The molecule has 3 heterocycles. The molecule has 5 rings (SSSR count). The third kappa shape index (κ3) is 6.13. The molecule has 3 aliphatic heterocycles. The van der Waals surface area contributed by atoms with Crippen molar-refractivity contribution in [3.05, 3.63) is 64.7 Å². The molecule has 6 nitrogen and oxygen atoms in total. The van der Waals surface area contributed by atoms with E-state index in [1.54, 1.807) is 6.07 Å². The molecule has 0 saturated carbocycles. The molecule has 0 spiro atoms. The fourth-order valence-electron chi connectivity index (χ4n) is 6.85. The molecule has 42 heavy (non-hydrogen) atoms. The minimum Gasteiger partial charge on any atom is -0.371 e. The van der Waals surface area contributed by atoms with E-state index >= 15 is 0 Å². The first-order chi connectivity index (χ1) is 20.0. The predicted molar refractivity (Wildman–Crippen MR) is 156 cm³/mol. The van der Waals surface area contributed by atoms with Crippen molar-refractivity contribution in [1.29, 1.82) is 0 Å². The molecular weight excluding hydrogens is 567 g/mol. The molecule has 0 aliphatic carbocycles. The number of hydrogen-bond donors (Lipinski definition) is 1. The fraction of sp³-hybridized carbons (Fsp3) is 0.562. The lowest BCUT2D eigenvalue weighted by Gasteiger charge is -2.40. The highest BCUT2D eigenvalue weighted by molar-refractivity contribution is 6.34. The molecule has 228 valence electrons. The van der Waals surface area contributed by atoms with Crippen molar-refractivity contribution < 1.29 is 27.9 Å². The van der Waals surface area contributed by atoms with Crippen LogP contribution in [-0.2, 0) is 10.4 Å². The summed E-state index contributed by atoms with van der Waals surface area (Å²) < 4.78 is 41.9. The molecule has 0 aromatic heterocycles. The predicted octanol–water partition coefficient (Wildman–Crippen LogP) is 6.26. The van der Waals surface area contributed by atoms with E-state index < -0.39 is 23.2 Å². The number of likely N-dealkylation sites (tertiary alicyclic amines) is 2. The molecule has 1 N–H and O–H groups in total. The standard InChI is InChI=1S/C32H39ClF3N3O3/c1-22-6-5-15-39(22)29(40)27-10-9-26(21-28(27)33)37-16-11-23(12-17-37)20-24-13-18-38(19-14-24)30(41)31(42,32(34,35)36)25-7-3-2-4-8-25/h2-4,7-10,21-24,42H,5-6,11-20H2,1H3/t22-,31?/m0/s1. The number of carbonyl (C=O) groups excluding carboxylic acids is 2. The van der Waals surface area contributed by atoms with E-state index in [4.69, 9.17) is 11.6 Å². The summed E-state index contributed by atoms with van der Waals surface area (Å²) in [5.41, 5.74) is -2.45. The van der Waals surface area contributed by atoms with E-state index in [0.717, 1.165) is 69.6 Å². The first-order valence-electron chi connectivity index (χ1n) is 15.0. The minimum atomic E-state index is -5.12. The second-order valence-electron chi connectivity index (χ2n) is 12.1. The van der Waals surface area contributed by atoms with Gasteiger partial charge in [0, 0.05) is 50.0 Å². The van der Waals surface area contributed by atoms with Crippen molar-refractivity contribution in [3.8, 4) is 0 Å². The van der Waals surface area contributed by atoms with Crippen LogP contribution < -0.4 is 4.90 Å². The SMILES string of the molecule is C[C@H]1CCCN1C(=O)c1ccc(N2CCC(CC3CCN(C(=O)C(O)(c4ccccc4)C(F)(F)F)CC3)CC2)cc1Cl. The molecule has 0 radical (unpaired) electrons. The van der Waals surface area contributed by atoms with Gasteiger partial charge in [-0.1, -0.05) is 41.9 Å². The Morgan fingerprint density at radius 3 is 2.07 bits per heavy atom. The number of benzene rings is 2. The number of amides is 2. The van der Waals surface area contributed by atoms with Gasteiger partial charge >= 0.3 is 6.18 Å². The normalized spacial score (nSPS) is 22.3. The van der Waals surface area contributed by atoms with Crippen LogP contribution in [0.15, 0.2) is 48.5 Å². The summed E-state index contributed by atoms with van der Waals surface area (Å²) in [6.45, 7) is 4.97. The van der Waals surface area contributed by atoms with Crippen molar-refractivity contribution in [2.75, 3.05) is 37.6 Å². The van der Waals surface area contributed by atoms with Gasteiger partial charge in [-0.3, -0.25) is 9.59 Å². The van der Waals surface area contributed by atoms with Crippen LogP contribution in [0.25, 0.3) is 0 Å². The molecule has 0 bridgehead atoms. The lowest BCUT2D eigenvalue weighted by Crippen LogP contribution is -2.57. The number of nitrogens with zero attached hydrogens (tertiary/aromatic N) is 3. The first-order valence-corrected chi connectivity index (χ1v) is 15.4. The molecule has 3 fully saturated rings. The molecule has 3 saturated heterocycles. The third-order valence-corrected chi connectivity index (χ3v) is 9.77. The summed E-state index contributed by atoms with van der Waals surface area (Å²) in [7, 11) is 0. The van der Waals surface area contributed by atoms with Crippen LogP contribution >= 0.6 is 11.6 Å². The monoisotopic (exact) mass is 605 g/mol. The quantitative estimate of drug-likeness (QED) is 0.422. The van der Waals surface area contributed by atoms with E-state index in [2.05, 4.69) is 11.8 Å². The smallest absolute Gasteiger partial charge is 0.371 e. The highest BCUT2D eigenvalue weighted by Crippen LogP contribution is 2.41. The summed E-state index contributed by atoms with van der Waals surface area (Å²) in [4.78, 5) is 31.3. The highest BCUT2D eigenvalue weighted by atomic mass is 35.5. The van der Waals surface area contributed by atoms with Crippen molar-refractivity contribution in [3.63, 3.8) is 0 Å². The zero-order chi connectivity index (χ0) is 30.1. The average Bonchev–Trinajstić information content (AvgIpc) is 3.42. The lowest BCUT2D eigenvalue weighted by atomic mass is 9.82. The van der Waals surface area contributed by atoms with E-state index in [-0.39, 0.29) is 25.0 Å². The minimum absolute atomic E-state index is 0.00819. The zero-order valence-electron chi connectivity index (χ0n) is 24.0. The van der Waals surface area contributed by atoms with E-state index in [1.165, 1.54) is 17.0 Å². The van der Waals surface area contributed by atoms with Gasteiger partial charge in [0.2, 0.25) is 0 Å². The van der Waals surface area contributed by atoms with Crippen LogP contribution in [0.4, 0.5) is 18.9 Å². The molecule has 10 heteroatoms.